The lowest BCUT2D eigenvalue weighted by atomic mass is 9.85. The molecule has 3 aromatic heterocycles. The molecule has 1 aromatic carbocycles. The number of carboxylic acids is 1. The molecule has 0 bridgehead atoms. The number of aliphatic hydroxyl groups excluding tert-OH is 1. The van der Waals surface area contributed by atoms with Crippen molar-refractivity contribution < 1.29 is 29.3 Å². The molecule has 4 unspecified atom stereocenters. The number of aliphatic carboxylic acids is 1. The van der Waals surface area contributed by atoms with Gasteiger partial charge in [-0.05, 0) is 70.3 Å². The Hall–Kier alpha value is -3.76. The first-order chi connectivity index (χ1) is 18.4. The van der Waals surface area contributed by atoms with E-state index in [1.807, 2.05) is 30.5 Å². The Balaban J connectivity index is 0.00000164. The topological polar surface area (TPSA) is 151 Å². The Labute approximate surface area is 220 Å². The first-order valence-corrected chi connectivity index (χ1v) is 12.8. The fraction of sp³-hybridized carbons (Fsp3) is 0.429. The van der Waals surface area contributed by atoms with Crippen LogP contribution in [0.3, 0.4) is 0 Å². The van der Waals surface area contributed by atoms with Crippen LogP contribution in [0, 0.1) is 5.92 Å². The Bertz CT molecular complexity index is 1410. The summed E-state index contributed by atoms with van der Waals surface area (Å²) in [5, 5.41) is 36.0. The minimum absolute atomic E-state index is 0.138. The van der Waals surface area contributed by atoms with E-state index in [-0.39, 0.29) is 17.8 Å². The Morgan fingerprint density at radius 2 is 2.08 bits per heavy atom. The molecule has 202 valence electrons. The molecule has 1 aliphatic rings. The number of fused-ring (bicyclic) bond motifs is 2. The molecule has 4 N–H and O–H groups in total. The van der Waals surface area contributed by atoms with Gasteiger partial charge in [-0.15, -0.1) is 0 Å². The lowest BCUT2D eigenvalue weighted by molar-refractivity contribution is -0.143. The molecule has 5 rings (SSSR count). The van der Waals surface area contributed by atoms with Gasteiger partial charge in [-0.2, -0.15) is 0 Å². The lowest BCUT2D eigenvalue weighted by Gasteiger charge is -2.30. The number of phenols is 1. The van der Waals surface area contributed by atoms with Gasteiger partial charge in [-0.3, -0.25) is 9.78 Å². The highest BCUT2D eigenvalue weighted by Gasteiger charge is 2.33. The van der Waals surface area contributed by atoms with Crippen LogP contribution in [0.1, 0.15) is 68.3 Å². The van der Waals surface area contributed by atoms with E-state index < -0.39 is 18.0 Å². The monoisotopic (exact) mass is 522 g/mol. The number of aliphatic hydroxyl groups is 1. The molecular formula is C28H34N4O6. The van der Waals surface area contributed by atoms with Crippen molar-refractivity contribution in [2.24, 2.45) is 5.92 Å². The third-order valence-electron chi connectivity index (χ3n) is 7.54. The number of phenolic OH excluding ortho intramolecular Hbond substituents is 1. The highest BCUT2D eigenvalue weighted by Crippen LogP contribution is 2.40. The van der Waals surface area contributed by atoms with Gasteiger partial charge in [0, 0.05) is 23.0 Å². The van der Waals surface area contributed by atoms with Gasteiger partial charge >= 0.3 is 5.97 Å². The second-order valence-electron chi connectivity index (χ2n) is 9.83. The lowest BCUT2D eigenvalue weighted by Crippen LogP contribution is -2.26. The van der Waals surface area contributed by atoms with E-state index in [9.17, 15) is 20.1 Å². The van der Waals surface area contributed by atoms with Crippen LogP contribution < -0.4 is 5.32 Å². The zero-order valence-electron chi connectivity index (χ0n) is 21.6. The number of hydrogen-bond donors (Lipinski definition) is 4. The number of carbonyl (C=O) groups is 2. The van der Waals surface area contributed by atoms with Crippen molar-refractivity contribution in [3.05, 3.63) is 53.8 Å². The number of benzene rings is 1. The van der Waals surface area contributed by atoms with Crippen LogP contribution in [-0.4, -0.2) is 55.7 Å². The molecule has 1 fully saturated rings. The number of nitrogens with one attached hydrogen (secondary N) is 1. The molecule has 38 heavy (non-hydrogen) atoms. The maximum absolute atomic E-state index is 11.8. The van der Waals surface area contributed by atoms with Gasteiger partial charge in [0.1, 0.15) is 18.4 Å². The fourth-order valence-corrected chi connectivity index (χ4v) is 5.34. The molecule has 0 spiro atoms. The van der Waals surface area contributed by atoms with E-state index >= 15 is 0 Å². The SMILES string of the molecule is C=O.CNC(C)CCc1c(O)ccc2c1nc(C(O)c1cc3ccoc3cn1)n2C1CCCC(C(=O)O)C1. The summed E-state index contributed by atoms with van der Waals surface area (Å²) < 4.78 is 7.38. The first kappa shape index (κ1) is 27.3. The van der Waals surface area contributed by atoms with Crippen molar-refractivity contribution in [3.8, 4) is 5.75 Å². The standard InChI is InChI=1S/C27H32N4O5.CH2O/c1-15(28-2)6-7-19-22(32)9-8-21-24(19)30-26(31(21)18-5-3-4-17(12-18)27(34)35)25(33)20-13-16-10-11-36-23(16)14-29-20;1-2/h8-11,13-15,17-18,25,28,32-33H,3-7,12H2,1-2H3,(H,34,35);1H2. The predicted octanol–water partition coefficient (Wildman–Crippen LogP) is 4.14. The summed E-state index contributed by atoms with van der Waals surface area (Å²) in [4.78, 5) is 29.1. The van der Waals surface area contributed by atoms with E-state index in [0.717, 1.165) is 35.7 Å². The Kier molecular flexibility index (Phi) is 8.43. The van der Waals surface area contributed by atoms with Crippen LogP contribution in [-0.2, 0) is 16.0 Å². The van der Waals surface area contributed by atoms with Crippen molar-refractivity contribution in [3.63, 3.8) is 0 Å². The molecule has 0 aliphatic heterocycles. The quantitative estimate of drug-likeness (QED) is 0.268. The summed E-state index contributed by atoms with van der Waals surface area (Å²) in [5.74, 6) is -0.663. The number of aromatic nitrogens is 3. The predicted molar refractivity (Wildman–Crippen MR) is 142 cm³/mol. The number of nitrogens with zero attached hydrogens (tertiary/aromatic N) is 3. The fourth-order valence-electron chi connectivity index (χ4n) is 5.34. The van der Waals surface area contributed by atoms with Crippen molar-refractivity contribution in [1.29, 1.82) is 0 Å². The van der Waals surface area contributed by atoms with Crippen molar-refractivity contribution in [1.82, 2.24) is 19.9 Å². The Morgan fingerprint density at radius 3 is 2.82 bits per heavy atom. The van der Waals surface area contributed by atoms with E-state index in [1.165, 1.54) is 0 Å². The number of rotatable bonds is 8. The highest BCUT2D eigenvalue weighted by atomic mass is 16.4. The number of aromatic hydroxyl groups is 1. The molecule has 4 atom stereocenters. The third-order valence-corrected chi connectivity index (χ3v) is 7.54. The summed E-state index contributed by atoms with van der Waals surface area (Å²) in [6.45, 7) is 4.08. The number of imidazole rings is 1. The van der Waals surface area contributed by atoms with Crippen LogP contribution in [0.4, 0.5) is 0 Å². The number of furan rings is 1. The second-order valence-corrected chi connectivity index (χ2v) is 9.83. The molecule has 10 heteroatoms. The molecule has 0 radical (unpaired) electrons. The third kappa shape index (κ3) is 5.27. The van der Waals surface area contributed by atoms with Gasteiger partial charge in [0.25, 0.3) is 0 Å². The van der Waals surface area contributed by atoms with Gasteiger partial charge in [0.05, 0.1) is 35.1 Å². The van der Waals surface area contributed by atoms with Crippen LogP contribution in [0.25, 0.3) is 22.0 Å². The summed E-state index contributed by atoms with van der Waals surface area (Å²) in [6.07, 6.45) is 6.11. The zero-order chi connectivity index (χ0) is 27.4. The van der Waals surface area contributed by atoms with Crippen LogP contribution in [0.15, 0.2) is 41.1 Å². The normalized spacial score (nSPS) is 19.1. The average Bonchev–Trinajstić information content (AvgIpc) is 3.57. The van der Waals surface area contributed by atoms with Crippen molar-refractivity contribution in [2.45, 2.75) is 63.6 Å². The maximum atomic E-state index is 11.8. The average molecular weight is 523 g/mol. The van der Waals surface area contributed by atoms with Gasteiger partial charge in [-0.25, -0.2) is 4.98 Å². The van der Waals surface area contributed by atoms with Gasteiger partial charge < -0.3 is 34.4 Å². The highest BCUT2D eigenvalue weighted by molar-refractivity contribution is 5.83. The van der Waals surface area contributed by atoms with Gasteiger partial charge in [0.15, 0.2) is 11.7 Å². The summed E-state index contributed by atoms with van der Waals surface area (Å²) in [7, 11) is 1.90. The number of hydrogen-bond acceptors (Lipinski definition) is 8. The second kappa shape index (κ2) is 11.7. The molecule has 0 amide bonds. The number of pyridine rings is 1. The molecule has 10 nitrogen and oxygen atoms in total. The van der Waals surface area contributed by atoms with Gasteiger partial charge in [-0.1, -0.05) is 6.42 Å². The molecule has 0 saturated heterocycles. The number of carbonyl (C=O) groups excluding carboxylic acids is 1. The summed E-state index contributed by atoms with van der Waals surface area (Å²) in [5.41, 5.74) is 3.21. The van der Waals surface area contributed by atoms with Crippen LogP contribution >= 0.6 is 0 Å². The van der Waals surface area contributed by atoms with Crippen molar-refractivity contribution in [2.75, 3.05) is 7.05 Å². The molecule has 1 saturated carbocycles. The molecule has 4 aromatic rings. The molecule has 1 aliphatic carbocycles. The summed E-state index contributed by atoms with van der Waals surface area (Å²) >= 11 is 0. The zero-order valence-corrected chi connectivity index (χ0v) is 21.6. The first-order valence-electron chi connectivity index (χ1n) is 12.8. The maximum Gasteiger partial charge on any atom is 0.306 e. The van der Waals surface area contributed by atoms with Crippen LogP contribution in [0.2, 0.25) is 0 Å². The van der Waals surface area contributed by atoms with E-state index in [1.54, 1.807) is 24.6 Å². The smallest absolute Gasteiger partial charge is 0.306 e. The van der Waals surface area contributed by atoms with E-state index in [4.69, 9.17) is 14.2 Å². The minimum Gasteiger partial charge on any atom is -0.508 e. The number of carboxylic acid groups (broad SMARTS) is 1. The van der Waals surface area contributed by atoms with Crippen molar-refractivity contribution >= 4 is 34.8 Å². The minimum atomic E-state index is -1.13. The largest absolute Gasteiger partial charge is 0.508 e. The van der Waals surface area contributed by atoms with Gasteiger partial charge in [0.2, 0.25) is 0 Å². The molecule has 3 heterocycles. The van der Waals surface area contributed by atoms with Crippen LogP contribution in [0.5, 0.6) is 5.75 Å². The summed E-state index contributed by atoms with van der Waals surface area (Å²) in [6, 6.07) is 7.20. The van der Waals surface area contributed by atoms with E-state index in [0.29, 0.717) is 41.9 Å². The Morgan fingerprint density at radius 1 is 1.29 bits per heavy atom. The number of aryl methyl sites for hydroxylation is 1. The van der Waals surface area contributed by atoms with E-state index in [2.05, 4.69) is 17.2 Å². The molecular weight excluding hydrogens is 488 g/mol.